The molecule has 1 aliphatic heterocycles. The third-order valence-corrected chi connectivity index (χ3v) is 5.97. The van der Waals surface area contributed by atoms with Crippen molar-refractivity contribution in [3.63, 3.8) is 0 Å². The highest BCUT2D eigenvalue weighted by molar-refractivity contribution is 5.93. The standard InChI is InChI=1S/C27H30N2O5/c1-3-19-4-6-20(7-5-19)18-34-25-11-8-21(14-26(25)32-2)22-16-29(17-22)27(31)24-10-9-23(15-28-24)33-13-12-30/h4-11,14-15,22,30H,3,12-13,16-18H2,1-2H3. The van der Waals surface area contributed by atoms with Crippen molar-refractivity contribution in [2.75, 3.05) is 33.4 Å². The van der Waals surface area contributed by atoms with Gasteiger partial charge in [0.25, 0.3) is 5.91 Å². The Morgan fingerprint density at radius 1 is 1.03 bits per heavy atom. The van der Waals surface area contributed by atoms with Crippen molar-refractivity contribution in [2.45, 2.75) is 25.9 Å². The molecule has 0 bridgehead atoms. The lowest BCUT2D eigenvalue weighted by Crippen LogP contribution is -2.48. The van der Waals surface area contributed by atoms with Crippen LogP contribution in [0.25, 0.3) is 0 Å². The fraction of sp³-hybridized carbons (Fsp3) is 0.333. The second-order valence-electron chi connectivity index (χ2n) is 8.23. The number of carbonyl (C=O) groups excluding carboxylic acids is 1. The molecule has 7 heteroatoms. The zero-order chi connectivity index (χ0) is 23.9. The number of pyridine rings is 1. The van der Waals surface area contributed by atoms with Gasteiger partial charge in [-0.2, -0.15) is 0 Å². The molecule has 1 aromatic heterocycles. The van der Waals surface area contributed by atoms with E-state index in [0.717, 1.165) is 17.5 Å². The van der Waals surface area contributed by atoms with Gasteiger partial charge < -0.3 is 24.2 Å². The van der Waals surface area contributed by atoms with Crippen LogP contribution in [0.1, 0.15) is 40.0 Å². The maximum atomic E-state index is 12.7. The molecule has 0 aliphatic carbocycles. The van der Waals surface area contributed by atoms with E-state index in [1.54, 1.807) is 24.1 Å². The van der Waals surface area contributed by atoms with E-state index in [1.807, 2.05) is 18.2 Å². The summed E-state index contributed by atoms with van der Waals surface area (Å²) in [4.78, 5) is 18.7. The van der Waals surface area contributed by atoms with E-state index >= 15 is 0 Å². The molecular formula is C27H30N2O5. The van der Waals surface area contributed by atoms with Crippen molar-refractivity contribution in [2.24, 2.45) is 0 Å². The number of aryl methyl sites for hydroxylation is 1. The number of likely N-dealkylation sites (tertiary alicyclic amines) is 1. The highest BCUT2D eigenvalue weighted by atomic mass is 16.5. The Morgan fingerprint density at radius 3 is 2.44 bits per heavy atom. The highest BCUT2D eigenvalue weighted by Crippen LogP contribution is 2.35. The van der Waals surface area contributed by atoms with E-state index in [0.29, 0.717) is 42.6 Å². The number of benzene rings is 2. The third kappa shape index (κ3) is 5.48. The van der Waals surface area contributed by atoms with E-state index in [9.17, 15) is 4.79 Å². The van der Waals surface area contributed by atoms with Crippen molar-refractivity contribution in [1.29, 1.82) is 0 Å². The van der Waals surface area contributed by atoms with E-state index in [4.69, 9.17) is 19.3 Å². The van der Waals surface area contributed by atoms with Crippen LogP contribution in [0.3, 0.4) is 0 Å². The molecule has 1 amide bonds. The lowest BCUT2D eigenvalue weighted by atomic mass is 9.91. The summed E-state index contributed by atoms with van der Waals surface area (Å²) in [7, 11) is 1.64. The topological polar surface area (TPSA) is 81.1 Å². The summed E-state index contributed by atoms with van der Waals surface area (Å²) in [6.07, 6.45) is 2.52. The van der Waals surface area contributed by atoms with Gasteiger partial charge in [0.1, 0.15) is 24.7 Å². The van der Waals surface area contributed by atoms with Gasteiger partial charge in [-0.25, -0.2) is 4.98 Å². The Kier molecular flexibility index (Phi) is 7.65. The Morgan fingerprint density at radius 2 is 1.79 bits per heavy atom. The fourth-order valence-corrected chi connectivity index (χ4v) is 3.86. The van der Waals surface area contributed by atoms with E-state index in [-0.39, 0.29) is 25.0 Å². The monoisotopic (exact) mass is 462 g/mol. The predicted octanol–water partition coefficient (Wildman–Crippen LogP) is 3.84. The van der Waals surface area contributed by atoms with Crippen molar-refractivity contribution in [3.8, 4) is 17.2 Å². The maximum absolute atomic E-state index is 12.7. The number of methoxy groups -OCH3 is 1. The molecule has 0 spiro atoms. The van der Waals surface area contributed by atoms with Crippen LogP contribution in [0.15, 0.2) is 60.8 Å². The number of hydrogen-bond donors (Lipinski definition) is 1. The van der Waals surface area contributed by atoms with Crippen LogP contribution in [0.4, 0.5) is 0 Å². The van der Waals surface area contributed by atoms with Crippen LogP contribution in [-0.4, -0.2) is 54.3 Å². The second kappa shape index (κ2) is 11.0. The first-order valence-corrected chi connectivity index (χ1v) is 11.5. The number of aromatic nitrogens is 1. The second-order valence-corrected chi connectivity index (χ2v) is 8.23. The molecule has 3 aromatic rings. The number of nitrogens with zero attached hydrogens (tertiary/aromatic N) is 2. The molecule has 0 saturated carbocycles. The zero-order valence-electron chi connectivity index (χ0n) is 19.6. The average molecular weight is 463 g/mol. The molecule has 2 heterocycles. The summed E-state index contributed by atoms with van der Waals surface area (Å²) in [5.74, 6) is 2.05. The van der Waals surface area contributed by atoms with Gasteiger partial charge in [0.15, 0.2) is 11.5 Å². The van der Waals surface area contributed by atoms with Gasteiger partial charge >= 0.3 is 0 Å². The molecule has 7 nitrogen and oxygen atoms in total. The molecule has 4 rings (SSSR count). The lowest BCUT2D eigenvalue weighted by molar-refractivity contribution is 0.0596. The van der Waals surface area contributed by atoms with Gasteiger partial charge in [-0.05, 0) is 47.4 Å². The number of aliphatic hydroxyl groups excluding tert-OH is 1. The number of amides is 1. The van der Waals surface area contributed by atoms with Crippen molar-refractivity contribution in [1.82, 2.24) is 9.88 Å². The van der Waals surface area contributed by atoms with Crippen LogP contribution in [-0.2, 0) is 13.0 Å². The van der Waals surface area contributed by atoms with Crippen LogP contribution in [0.5, 0.6) is 17.2 Å². The molecule has 2 aromatic carbocycles. The van der Waals surface area contributed by atoms with E-state index in [1.165, 1.54) is 11.8 Å². The SMILES string of the molecule is CCc1ccc(COc2ccc(C3CN(C(=O)c4ccc(OCCO)cn4)C3)cc2OC)cc1. The molecule has 0 atom stereocenters. The molecule has 34 heavy (non-hydrogen) atoms. The van der Waals surface area contributed by atoms with E-state index < -0.39 is 0 Å². The first-order chi connectivity index (χ1) is 16.6. The molecule has 1 saturated heterocycles. The first kappa shape index (κ1) is 23.6. The van der Waals surface area contributed by atoms with Crippen molar-refractivity contribution >= 4 is 5.91 Å². The minimum absolute atomic E-state index is 0.0689. The summed E-state index contributed by atoms with van der Waals surface area (Å²) >= 11 is 0. The van der Waals surface area contributed by atoms with E-state index in [2.05, 4.69) is 36.2 Å². The third-order valence-electron chi connectivity index (χ3n) is 5.97. The minimum atomic E-state index is -0.106. The minimum Gasteiger partial charge on any atom is -0.493 e. The molecular weight excluding hydrogens is 432 g/mol. The van der Waals surface area contributed by atoms with Crippen LogP contribution < -0.4 is 14.2 Å². The molecule has 0 unspecified atom stereocenters. The lowest BCUT2D eigenvalue weighted by Gasteiger charge is -2.39. The molecule has 0 radical (unpaired) electrons. The summed E-state index contributed by atoms with van der Waals surface area (Å²) in [5.41, 5.74) is 3.90. The smallest absolute Gasteiger partial charge is 0.272 e. The molecule has 178 valence electrons. The van der Waals surface area contributed by atoms with Gasteiger partial charge in [0.2, 0.25) is 0 Å². The summed E-state index contributed by atoms with van der Waals surface area (Å²) in [6, 6.07) is 17.7. The largest absolute Gasteiger partial charge is 0.493 e. The Bertz CT molecular complexity index is 1090. The predicted molar refractivity (Wildman–Crippen MR) is 129 cm³/mol. The van der Waals surface area contributed by atoms with Crippen LogP contribution in [0, 0.1) is 0 Å². The van der Waals surface area contributed by atoms with Crippen molar-refractivity contribution < 1.29 is 24.1 Å². The fourth-order valence-electron chi connectivity index (χ4n) is 3.86. The zero-order valence-corrected chi connectivity index (χ0v) is 19.6. The first-order valence-electron chi connectivity index (χ1n) is 11.5. The van der Waals surface area contributed by atoms with Crippen LogP contribution >= 0.6 is 0 Å². The molecule has 1 N–H and O–H groups in total. The summed E-state index contributed by atoms with van der Waals surface area (Å²) in [6.45, 7) is 3.98. The quantitative estimate of drug-likeness (QED) is 0.493. The molecule has 1 fully saturated rings. The molecule has 1 aliphatic rings. The maximum Gasteiger partial charge on any atom is 0.272 e. The number of carbonyl (C=O) groups is 1. The average Bonchev–Trinajstić information content (AvgIpc) is 2.86. The van der Waals surface area contributed by atoms with Crippen LogP contribution in [0.2, 0.25) is 0 Å². The number of hydrogen-bond acceptors (Lipinski definition) is 6. The van der Waals surface area contributed by atoms with Crippen molar-refractivity contribution in [3.05, 3.63) is 83.2 Å². The Hall–Kier alpha value is -3.58. The number of ether oxygens (including phenoxy) is 3. The van der Waals surface area contributed by atoms with Gasteiger partial charge in [0.05, 0.1) is 19.9 Å². The summed E-state index contributed by atoms with van der Waals surface area (Å²) < 4.78 is 16.9. The van der Waals surface area contributed by atoms with Gasteiger partial charge in [-0.15, -0.1) is 0 Å². The van der Waals surface area contributed by atoms with Gasteiger partial charge in [-0.3, -0.25) is 4.79 Å². The normalized spacial score (nSPS) is 13.3. The number of aliphatic hydroxyl groups is 1. The Balaban J connectivity index is 1.33. The van der Waals surface area contributed by atoms with Gasteiger partial charge in [0, 0.05) is 19.0 Å². The number of rotatable bonds is 10. The highest BCUT2D eigenvalue weighted by Gasteiger charge is 2.33. The van der Waals surface area contributed by atoms with Gasteiger partial charge in [-0.1, -0.05) is 37.3 Å². The Labute approximate surface area is 199 Å². The summed E-state index contributed by atoms with van der Waals surface area (Å²) in [5, 5.41) is 8.82.